The normalized spacial score (nSPS) is 19.6. The second-order valence-electron chi connectivity index (χ2n) is 12.3. The summed E-state index contributed by atoms with van der Waals surface area (Å²) in [6, 6.07) is 0. The Morgan fingerprint density at radius 1 is 0.824 bits per heavy atom. The third kappa shape index (κ3) is 8.49. The quantitative estimate of drug-likeness (QED) is 0.253. The second-order valence-corrected chi connectivity index (χ2v) is 12.3. The lowest BCUT2D eigenvalue weighted by Crippen LogP contribution is -2.37. The third-order valence-corrected chi connectivity index (χ3v) is 8.29. The zero-order valence-electron chi connectivity index (χ0n) is 24.2. The molecular formula is C32H56O2. The van der Waals surface area contributed by atoms with E-state index in [1.54, 1.807) is 0 Å². The van der Waals surface area contributed by atoms with Crippen LogP contribution in [0.5, 0.6) is 11.5 Å². The Balaban J connectivity index is 1.80. The minimum atomic E-state index is -0.0346. The molecule has 34 heavy (non-hydrogen) atoms. The van der Waals surface area contributed by atoms with E-state index < -0.39 is 0 Å². The van der Waals surface area contributed by atoms with Gasteiger partial charge in [-0.2, -0.15) is 0 Å². The van der Waals surface area contributed by atoms with Gasteiger partial charge in [0.05, 0.1) is 6.61 Å². The molecule has 0 spiro atoms. The molecule has 1 heterocycles. The van der Waals surface area contributed by atoms with Crippen molar-refractivity contribution in [2.24, 2.45) is 17.8 Å². The van der Waals surface area contributed by atoms with Gasteiger partial charge in [-0.1, -0.05) is 79.6 Å². The van der Waals surface area contributed by atoms with Gasteiger partial charge in [0.1, 0.15) is 17.1 Å². The molecule has 2 rings (SSSR count). The first kappa shape index (κ1) is 29.1. The number of fused-ring (bicyclic) bond motifs is 1. The maximum Gasteiger partial charge on any atom is 0.127 e. The number of hydrogen-bond acceptors (Lipinski definition) is 2. The Kier molecular flexibility index (Phi) is 11.8. The van der Waals surface area contributed by atoms with Crippen LogP contribution in [0.3, 0.4) is 0 Å². The number of hydrogen-bond donors (Lipinski definition) is 0. The van der Waals surface area contributed by atoms with Gasteiger partial charge in [0.15, 0.2) is 0 Å². The molecule has 1 aromatic carbocycles. The van der Waals surface area contributed by atoms with Crippen LogP contribution >= 0.6 is 0 Å². The summed E-state index contributed by atoms with van der Waals surface area (Å²) in [5, 5.41) is 0. The van der Waals surface area contributed by atoms with Gasteiger partial charge in [-0.25, -0.2) is 0 Å². The molecule has 0 amide bonds. The van der Waals surface area contributed by atoms with Crippen LogP contribution < -0.4 is 9.47 Å². The van der Waals surface area contributed by atoms with Crippen LogP contribution in [0.4, 0.5) is 0 Å². The molecule has 3 unspecified atom stereocenters. The lowest BCUT2D eigenvalue weighted by molar-refractivity contribution is 0.0511. The highest BCUT2D eigenvalue weighted by Crippen LogP contribution is 2.45. The minimum Gasteiger partial charge on any atom is -0.493 e. The maximum absolute atomic E-state index is 6.76. The molecule has 1 aromatic rings. The zero-order valence-corrected chi connectivity index (χ0v) is 24.2. The van der Waals surface area contributed by atoms with Crippen molar-refractivity contribution in [1.29, 1.82) is 0 Å². The van der Waals surface area contributed by atoms with Gasteiger partial charge in [0.2, 0.25) is 0 Å². The molecule has 0 fully saturated rings. The highest BCUT2D eigenvalue weighted by molar-refractivity contribution is 5.59. The molecule has 0 aromatic heterocycles. The van der Waals surface area contributed by atoms with E-state index in [2.05, 4.69) is 62.3 Å². The van der Waals surface area contributed by atoms with Crippen molar-refractivity contribution in [3.8, 4) is 11.5 Å². The third-order valence-electron chi connectivity index (χ3n) is 8.29. The Morgan fingerprint density at radius 3 is 2.00 bits per heavy atom. The molecule has 196 valence electrons. The van der Waals surface area contributed by atoms with E-state index in [0.717, 1.165) is 61.5 Å². The Morgan fingerprint density at radius 2 is 1.41 bits per heavy atom. The Bertz CT molecular complexity index is 750. The van der Waals surface area contributed by atoms with Gasteiger partial charge in [0, 0.05) is 5.56 Å². The molecule has 0 saturated carbocycles. The average molecular weight is 473 g/mol. The van der Waals surface area contributed by atoms with Crippen molar-refractivity contribution in [3.63, 3.8) is 0 Å². The van der Waals surface area contributed by atoms with Crippen LogP contribution in [0.1, 0.15) is 134 Å². The summed E-state index contributed by atoms with van der Waals surface area (Å²) >= 11 is 0. The molecule has 0 aliphatic carbocycles. The monoisotopic (exact) mass is 472 g/mol. The van der Waals surface area contributed by atoms with Gasteiger partial charge < -0.3 is 9.47 Å². The van der Waals surface area contributed by atoms with Crippen molar-refractivity contribution >= 4 is 0 Å². The van der Waals surface area contributed by atoms with Crippen molar-refractivity contribution < 1.29 is 9.47 Å². The van der Waals surface area contributed by atoms with E-state index in [-0.39, 0.29) is 5.60 Å². The SMILES string of the molecule is CCCOc1c(C)c(C)c2c(c1C)CCC(C)(CCCC(C)CCCC(C)CCCC(C)C)O2. The molecule has 2 heteroatoms. The largest absolute Gasteiger partial charge is 0.493 e. The molecule has 3 atom stereocenters. The van der Waals surface area contributed by atoms with E-state index in [1.165, 1.54) is 73.6 Å². The van der Waals surface area contributed by atoms with Crippen molar-refractivity contribution in [3.05, 3.63) is 22.3 Å². The molecule has 0 N–H and O–H groups in total. The highest BCUT2D eigenvalue weighted by atomic mass is 16.5. The highest BCUT2D eigenvalue weighted by Gasteiger charge is 2.34. The summed E-state index contributed by atoms with van der Waals surface area (Å²) in [6.45, 7) is 21.5. The minimum absolute atomic E-state index is 0.0346. The fraction of sp³-hybridized carbons (Fsp3) is 0.812. The van der Waals surface area contributed by atoms with E-state index in [9.17, 15) is 0 Å². The fourth-order valence-corrected chi connectivity index (χ4v) is 5.68. The van der Waals surface area contributed by atoms with Gasteiger partial charge >= 0.3 is 0 Å². The van der Waals surface area contributed by atoms with Crippen LogP contribution in [-0.2, 0) is 6.42 Å². The molecular weight excluding hydrogens is 416 g/mol. The van der Waals surface area contributed by atoms with Crippen molar-refractivity contribution in [2.75, 3.05) is 6.61 Å². The summed E-state index contributed by atoms with van der Waals surface area (Å²) in [6.07, 6.45) is 15.4. The van der Waals surface area contributed by atoms with Crippen molar-refractivity contribution in [2.45, 2.75) is 145 Å². The predicted octanol–water partition coefficient (Wildman–Crippen LogP) is 9.92. The first-order valence-electron chi connectivity index (χ1n) is 14.5. The van der Waals surface area contributed by atoms with Crippen LogP contribution in [0, 0.1) is 38.5 Å². The van der Waals surface area contributed by atoms with Crippen molar-refractivity contribution in [1.82, 2.24) is 0 Å². The zero-order chi connectivity index (χ0) is 25.3. The second kappa shape index (κ2) is 13.8. The number of benzene rings is 1. The first-order chi connectivity index (χ1) is 16.1. The smallest absolute Gasteiger partial charge is 0.127 e. The standard InChI is InChI=1S/C32H56O2/c1-10-22-33-30-26(6)27(7)31-29(28(30)8)19-21-32(9,34-31)20-13-18-25(5)17-12-16-24(4)15-11-14-23(2)3/h23-25H,10-22H2,1-9H3. The topological polar surface area (TPSA) is 18.5 Å². The van der Waals surface area contributed by atoms with Gasteiger partial charge in [0.25, 0.3) is 0 Å². The van der Waals surface area contributed by atoms with Gasteiger partial charge in [-0.05, 0) is 94.2 Å². The van der Waals surface area contributed by atoms with Gasteiger partial charge in [-0.3, -0.25) is 0 Å². The summed E-state index contributed by atoms with van der Waals surface area (Å²) in [7, 11) is 0. The van der Waals surface area contributed by atoms with Crippen LogP contribution in [0.25, 0.3) is 0 Å². The summed E-state index contributed by atoms with van der Waals surface area (Å²) in [5.41, 5.74) is 5.16. The van der Waals surface area contributed by atoms with Gasteiger partial charge in [-0.15, -0.1) is 0 Å². The van der Waals surface area contributed by atoms with E-state index in [0.29, 0.717) is 0 Å². The van der Waals surface area contributed by atoms with Crippen LogP contribution in [-0.4, -0.2) is 12.2 Å². The maximum atomic E-state index is 6.76. The summed E-state index contributed by atoms with van der Waals surface area (Å²) < 4.78 is 12.9. The molecule has 1 aliphatic rings. The summed E-state index contributed by atoms with van der Waals surface area (Å²) in [5.74, 6) is 4.81. The fourth-order valence-electron chi connectivity index (χ4n) is 5.68. The molecule has 2 nitrogen and oxygen atoms in total. The lowest BCUT2D eigenvalue weighted by Gasteiger charge is -2.38. The van der Waals surface area contributed by atoms with Crippen LogP contribution in [0.2, 0.25) is 0 Å². The molecule has 1 aliphatic heterocycles. The van der Waals surface area contributed by atoms with Crippen LogP contribution in [0.15, 0.2) is 0 Å². The number of ether oxygens (including phenoxy) is 2. The molecule has 0 saturated heterocycles. The van der Waals surface area contributed by atoms with E-state index in [4.69, 9.17) is 9.47 Å². The summed E-state index contributed by atoms with van der Waals surface area (Å²) in [4.78, 5) is 0. The van der Waals surface area contributed by atoms with E-state index in [1.807, 2.05) is 0 Å². The Labute approximate surface area is 212 Å². The van der Waals surface area contributed by atoms with E-state index >= 15 is 0 Å². The predicted molar refractivity (Wildman–Crippen MR) is 149 cm³/mol. The Hall–Kier alpha value is -1.18. The molecule has 0 bridgehead atoms. The number of rotatable bonds is 15. The first-order valence-corrected chi connectivity index (χ1v) is 14.5. The lowest BCUT2D eigenvalue weighted by atomic mass is 9.83. The molecule has 0 radical (unpaired) electrons. The average Bonchev–Trinajstić information content (AvgIpc) is 2.77.